The fourth-order valence-electron chi connectivity index (χ4n) is 2.81. The minimum atomic E-state index is -0.520. The lowest BCUT2D eigenvalue weighted by Crippen LogP contribution is -2.25. The van der Waals surface area contributed by atoms with Crippen LogP contribution in [0.15, 0.2) is 53.3 Å². The van der Waals surface area contributed by atoms with Crippen molar-refractivity contribution in [2.75, 3.05) is 11.4 Å². The number of carbonyl (C=O) groups excluding carboxylic acids is 1. The summed E-state index contributed by atoms with van der Waals surface area (Å²) in [5.41, 5.74) is 6.57. The van der Waals surface area contributed by atoms with E-state index in [9.17, 15) is 14.0 Å². The molecule has 0 saturated carbocycles. The molecule has 124 valence electrons. The number of nitrogens with zero attached hydrogens (tertiary/aromatic N) is 3. The lowest BCUT2D eigenvalue weighted by Gasteiger charge is -2.17. The van der Waals surface area contributed by atoms with Crippen molar-refractivity contribution in [3.8, 4) is 0 Å². The van der Waals surface area contributed by atoms with Gasteiger partial charge in [0, 0.05) is 12.3 Å². The number of ketones is 1. The van der Waals surface area contributed by atoms with Crippen molar-refractivity contribution < 1.29 is 9.18 Å². The number of rotatable bonds is 2. The number of benzene rings is 1. The Hall–Kier alpha value is -3.55. The minimum Gasteiger partial charge on any atom is -0.384 e. The first kappa shape index (κ1) is 15.0. The van der Waals surface area contributed by atoms with Gasteiger partial charge in [-0.25, -0.2) is 9.37 Å². The topological polar surface area (TPSA) is 105 Å². The molecule has 0 radical (unpaired) electrons. The van der Waals surface area contributed by atoms with Gasteiger partial charge in [-0.1, -0.05) is 0 Å². The van der Waals surface area contributed by atoms with Crippen molar-refractivity contribution in [3.05, 3.63) is 70.5 Å². The number of pyridine rings is 1. The molecule has 0 saturated heterocycles. The second kappa shape index (κ2) is 5.52. The van der Waals surface area contributed by atoms with Gasteiger partial charge >= 0.3 is 0 Å². The molecule has 25 heavy (non-hydrogen) atoms. The van der Waals surface area contributed by atoms with Gasteiger partial charge in [0.1, 0.15) is 23.0 Å². The number of anilines is 1. The molecule has 7 nitrogen and oxygen atoms in total. The van der Waals surface area contributed by atoms with Gasteiger partial charge in [-0.3, -0.25) is 14.6 Å². The quantitative estimate of drug-likeness (QED) is 0.727. The summed E-state index contributed by atoms with van der Waals surface area (Å²) in [6.45, 7) is 0.0117. The van der Waals surface area contributed by atoms with E-state index in [0.29, 0.717) is 5.69 Å². The van der Waals surface area contributed by atoms with Crippen LogP contribution in [-0.4, -0.2) is 27.3 Å². The number of hydrogen-bond acceptors (Lipinski definition) is 6. The third-order valence-corrected chi connectivity index (χ3v) is 3.99. The predicted molar refractivity (Wildman–Crippen MR) is 90.0 cm³/mol. The molecule has 8 heteroatoms. The number of Topliss-reactive ketones (excluding diaryl/α,β-unsaturated/α-hetero) is 1. The molecule has 0 aliphatic carbocycles. The maximum absolute atomic E-state index is 13.4. The summed E-state index contributed by atoms with van der Waals surface area (Å²) in [4.78, 5) is 37.0. The van der Waals surface area contributed by atoms with Crippen LogP contribution in [0.2, 0.25) is 0 Å². The normalized spacial score (nSPS) is 14.6. The molecule has 0 amide bonds. The van der Waals surface area contributed by atoms with E-state index >= 15 is 0 Å². The maximum atomic E-state index is 13.4. The van der Waals surface area contributed by atoms with Crippen LogP contribution in [0.3, 0.4) is 0 Å². The van der Waals surface area contributed by atoms with Crippen molar-refractivity contribution >= 4 is 27.9 Å². The summed E-state index contributed by atoms with van der Waals surface area (Å²) >= 11 is 0. The monoisotopic (exact) mass is 337 g/mol. The number of carbonyl (C=O) groups is 1. The molecule has 1 aromatic carbocycles. The van der Waals surface area contributed by atoms with Crippen LogP contribution in [0, 0.1) is 5.82 Å². The Bertz CT molecular complexity index is 1090. The lowest BCUT2D eigenvalue weighted by molar-refractivity contribution is -0.112. The number of fused-ring (bicyclic) bond motifs is 1. The molecule has 3 heterocycles. The van der Waals surface area contributed by atoms with Crippen molar-refractivity contribution in [1.82, 2.24) is 15.0 Å². The number of H-pyrrole nitrogens is 1. The van der Waals surface area contributed by atoms with Crippen LogP contribution >= 0.6 is 0 Å². The Labute approximate surface area is 140 Å². The van der Waals surface area contributed by atoms with Crippen LogP contribution in [0.5, 0.6) is 0 Å². The second-order valence-corrected chi connectivity index (χ2v) is 5.56. The Morgan fingerprint density at radius 1 is 1.24 bits per heavy atom. The number of nitrogens with two attached hydrogens (primary N) is 1. The van der Waals surface area contributed by atoms with Crippen LogP contribution < -0.4 is 16.2 Å². The van der Waals surface area contributed by atoms with Gasteiger partial charge < -0.3 is 15.6 Å². The molecule has 2 aromatic heterocycles. The molecule has 3 aromatic rings. The number of nitrogens with one attached hydrogen (secondary N) is 1. The summed E-state index contributed by atoms with van der Waals surface area (Å²) in [5, 5.41) is 0.235. The highest BCUT2D eigenvalue weighted by Crippen LogP contribution is 2.28. The zero-order chi connectivity index (χ0) is 17.6. The zero-order valence-corrected chi connectivity index (χ0v) is 12.9. The van der Waals surface area contributed by atoms with Gasteiger partial charge in [0.15, 0.2) is 5.78 Å². The van der Waals surface area contributed by atoms with E-state index in [-0.39, 0.29) is 40.4 Å². The van der Waals surface area contributed by atoms with Gasteiger partial charge in [-0.2, -0.15) is 0 Å². The standard InChI is InChI=1S/C17H12FN5O2/c18-9-3-4-11-12(6-9)21-16(22-17(11)25)14-13(24)8-23(15(14)19)10-2-1-5-20-7-10/h1-7H,8,19H2,(H,21,22,25). The Balaban J connectivity index is 1.88. The molecule has 3 N–H and O–H groups in total. The summed E-state index contributed by atoms with van der Waals surface area (Å²) < 4.78 is 13.4. The van der Waals surface area contributed by atoms with E-state index in [2.05, 4.69) is 15.0 Å². The van der Waals surface area contributed by atoms with Crippen molar-refractivity contribution in [2.45, 2.75) is 0 Å². The first-order chi connectivity index (χ1) is 12.0. The Kier molecular flexibility index (Phi) is 3.31. The summed E-state index contributed by atoms with van der Waals surface area (Å²) in [6, 6.07) is 7.16. The number of halogens is 1. The van der Waals surface area contributed by atoms with E-state index in [1.54, 1.807) is 29.4 Å². The van der Waals surface area contributed by atoms with Crippen LogP contribution in [-0.2, 0) is 4.79 Å². The molecule has 0 unspecified atom stereocenters. The van der Waals surface area contributed by atoms with E-state index in [1.807, 2.05) is 0 Å². The summed E-state index contributed by atoms with van der Waals surface area (Å²) in [6.07, 6.45) is 3.19. The Morgan fingerprint density at radius 3 is 2.84 bits per heavy atom. The summed E-state index contributed by atoms with van der Waals surface area (Å²) in [5.74, 6) is -0.623. The summed E-state index contributed by atoms with van der Waals surface area (Å²) in [7, 11) is 0. The maximum Gasteiger partial charge on any atom is 0.259 e. The molecule has 1 aliphatic heterocycles. The minimum absolute atomic E-state index is 0.0117. The highest BCUT2D eigenvalue weighted by atomic mass is 19.1. The lowest BCUT2D eigenvalue weighted by atomic mass is 10.1. The van der Waals surface area contributed by atoms with Gasteiger partial charge in [0.25, 0.3) is 5.56 Å². The third-order valence-electron chi connectivity index (χ3n) is 3.99. The smallest absolute Gasteiger partial charge is 0.259 e. The van der Waals surface area contributed by atoms with Crippen molar-refractivity contribution in [1.29, 1.82) is 0 Å². The van der Waals surface area contributed by atoms with Gasteiger partial charge in [0.05, 0.1) is 29.3 Å². The Morgan fingerprint density at radius 2 is 2.08 bits per heavy atom. The molecular weight excluding hydrogens is 325 g/mol. The molecule has 0 spiro atoms. The number of hydrogen-bond donors (Lipinski definition) is 2. The van der Waals surface area contributed by atoms with Gasteiger partial charge in [-0.05, 0) is 24.3 Å². The van der Waals surface area contributed by atoms with Crippen LogP contribution in [0.4, 0.5) is 10.1 Å². The highest BCUT2D eigenvalue weighted by Gasteiger charge is 2.32. The molecule has 0 bridgehead atoms. The van der Waals surface area contributed by atoms with Gasteiger partial charge in [0.2, 0.25) is 0 Å². The second-order valence-electron chi connectivity index (χ2n) is 5.56. The first-order valence-corrected chi connectivity index (χ1v) is 7.45. The average Bonchev–Trinajstić information content (AvgIpc) is 2.89. The molecule has 0 atom stereocenters. The molecule has 1 aliphatic rings. The molecule has 4 rings (SSSR count). The fourth-order valence-corrected chi connectivity index (χ4v) is 2.81. The van der Waals surface area contributed by atoms with E-state index in [0.717, 1.165) is 6.07 Å². The predicted octanol–water partition coefficient (Wildman–Crippen LogP) is 1.17. The largest absolute Gasteiger partial charge is 0.384 e. The number of aromatic amines is 1. The average molecular weight is 337 g/mol. The molecular formula is C17H12FN5O2. The fraction of sp³-hybridized carbons (Fsp3) is 0.0588. The van der Waals surface area contributed by atoms with E-state index in [1.165, 1.54) is 12.1 Å². The zero-order valence-electron chi connectivity index (χ0n) is 12.9. The van der Waals surface area contributed by atoms with Crippen molar-refractivity contribution in [2.24, 2.45) is 5.73 Å². The van der Waals surface area contributed by atoms with Crippen LogP contribution in [0.1, 0.15) is 5.82 Å². The number of aromatic nitrogens is 3. The third kappa shape index (κ3) is 2.44. The van der Waals surface area contributed by atoms with Crippen molar-refractivity contribution in [3.63, 3.8) is 0 Å². The molecule has 0 fully saturated rings. The highest BCUT2D eigenvalue weighted by molar-refractivity contribution is 6.25. The first-order valence-electron chi connectivity index (χ1n) is 7.45. The SMILES string of the molecule is NC1=C(c2nc3cc(F)ccc3c(=O)[nH]2)C(=O)CN1c1cccnc1. The van der Waals surface area contributed by atoms with E-state index in [4.69, 9.17) is 5.73 Å². The van der Waals surface area contributed by atoms with E-state index < -0.39 is 11.4 Å². The van der Waals surface area contributed by atoms with Gasteiger partial charge in [-0.15, -0.1) is 0 Å². The van der Waals surface area contributed by atoms with Crippen LogP contribution in [0.25, 0.3) is 16.5 Å².